The zero-order valence-electron chi connectivity index (χ0n) is 12.4. The third-order valence-electron chi connectivity index (χ3n) is 3.75. The summed E-state index contributed by atoms with van der Waals surface area (Å²) in [5.41, 5.74) is 4.29. The minimum Gasteiger partial charge on any atom is -0.265 e. The van der Waals surface area contributed by atoms with Crippen LogP contribution in [-0.4, -0.2) is 4.98 Å². The van der Waals surface area contributed by atoms with Gasteiger partial charge in [-0.25, -0.2) is 0 Å². The van der Waals surface area contributed by atoms with Crippen molar-refractivity contribution < 1.29 is 0 Å². The largest absolute Gasteiger partial charge is 0.265 e. The average Bonchev–Trinajstić information content (AvgIpc) is 2.40. The monoisotopic (exact) mass is 253 g/mol. The minimum absolute atomic E-state index is 0.141. The van der Waals surface area contributed by atoms with Crippen LogP contribution in [0.15, 0.2) is 48.8 Å². The third kappa shape index (κ3) is 3.44. The number of pyridine rings is 1. The van der Waals surface area contributed by atoms with Crippen LogP contribution in [0.2, 0.25) is 0 Å². The van der Waals surface area contributed by atoms with Crippen molar-refractivity contribution in [1.82, 2.24) is 4.98 Å². The van der Waals surface area contributed by atoms with Crippen molar-refractivity contribution in [2.75, 3.05) is 0 Å². The van der Waals surface area contributed by atoms with Crippen molar-refractivity contribution in [3.63, 3.8) is 0 Å². The molecule has 1 aromatic carbocycles. The number of hydrogen-bond acceptors (Lipinski definition) is 1. The van der Waals surface area contributed by atoms with Gasteiger partial charge in [-0.15, -0.1) is 0 Å². The lowest BCUT2D eigenvalue weighted by Gasteiger charge is -2.25. The standard InChI is InChI=1S/C18H23N/c1-14(2)16-7-5-15(6-8-16)13-18(3,4)17-9-11-19-12-10-17/h5-12,14H,13H2,1-4H3. The van der Waals surface area contributed by atoms with Crippen LogP contribution in [0.25, 0.3) is 0 Å². The fourth-order valence-corrected chi connectivity index (χ4v) is 2.44. The Morgan fingerprint density at radius 3 is 2.05 bits per heavy atom. The van der Waals surface area contributed by atoms with E-state index in [4.69, 9.17) is 0 Å². The van der Waals surface area contributed by atoms with Gasteiger partial charge in [0.05, 0.1) is 0 Å². The number of hydrogen-bond donors (Lipinski definition) is 0. The van der Waals surface area contributed by atoms with Crippen molar-refractivity contribution >= 4 is 0 Å². The third-order valence-corrected chi connectivity index (χ3v) is 3.75. The number of aromatic nitrogens is 1. The molecule has 0 saturated carbocycles. The van der Waals surface area contributed by atoms with Gasteiger partial charge in [0.15, 0.2) is 0 Å². The zero-order valence-corrected chi connectivity index (χ0v) is 12.4. The van der Waals surface area contributed by atoms with Crippen LogP contribution in [0, 0.1) is 0 Å². The van der Waals surface area contributed by atoms with E-state index >= 15 is 0 Å². The Morgan fingerprint density at radius 1 is 0.947 bits per heavy atom. The molecule has 0 bridgehead atoms. The first-order valence-electron chi connectivity index (χ1n) is 6.98. The molecule has 1 aromatic heterocycles. The van der Waals surface area contributed by atoms with E-state index in [0.29, 0.717) is 5.92 Å². The molecule has 2 rings (SSSR count). The SMILES string of the molecule is CC(C)c1ccc(CC(C)(C)c2ccncc2)cc1. The summed E-state index contributed by atoms with van der Waals surface area (Å²) in [5, 5.41) is 0. The van der Waals surface area contributed by atoms with E-state index in [-0.39, 0.29) is 5.41 Å². The molecule has 19 heavy (non-hydrogen) atoms. The Morgan fingerprint density at radius 2 is 1.53 bits per heavy atom. The highest BCUT2D eigenvalue weighted by Gasteiger charge is 2.20. The summed E-state index contributed by atoms with van der Waals surface area (Å²) in [6, 6.07) is 13.3. The van der Waals surface area contributed by atoms with Crippen molar-refractivity contribution in [2.24, 2.45) is 0 Å². The summed E-state index contributed by atoms with van der Waals surface area (Å²) in [6.07, 6.45) is 4.80. The summed E-state index contributed by atoms with van der Waals surface area (Å²) >= 11 is 0. The molecule has 0 atom stereocenters. The van der Waals surface area contributed by atoms with Crippen LogP contribution in [-0.2, 0) is 11.8 Å². The summed E-state index contributed by atoms with van der Waals surface area (Å²) in [5.74, 6) is 0.599. The predicted octanol–water partition coefficient (Wildman–Crippen LogP) is 4.73. The zero-order chi connectivity index (χ0) is 13.9. The van der Waals surface area contributed by atoms with E-state index in [1.165, 1.54) is 16.7 Å². The lowest BCUT2D eigenvalue weighted by Crippen LogP contribution is -2.20. The first kappa shape index (κ1) is 13.8. The van der Waals surface area contributed by atoms with Crippen molar-refractivity contribution in [1.29, 1.82) is 0 Å². The molecule has 0 spiro atoms. The van der Waals surface area contributed by atoms with Gasteiger partial charge in [-0.3, -0.25) is 4.98 Å². The maximum atomic E-state index is 4.10. The van der Waals surface area contributed by atoms with Crippen LogP contribution < -0.4 is 0 Å². The topological polar surface area (TPSA) is 12.9 Å². The van der Waals surface area contributed by atoms with Gasteiger partial charge in [0.1, 0.15) is 0 Å². The summed E-state index contributed by atoms with van der Waals surface area (Å²) in [7, 11) is 0. The molecule has 0 radical (unpaired) electrons. The fraction of sp³-hybridized carbons (Fsp3) is 0.389. The molecular formula is C18H23N. The van der Waals surface area contributed by atoms with E-state index in [0.717, 1.165) is 6.42 Å². The van der Waals surface area contributed by atoms with Crippen LogP contribution in [0.1, 0.15) is 50.3 Å². The molecule has 0 aliphatic rings. The highest BCUT2D eigenvalue weighted by molar-refractivity contribution is 5.29. The molecule has 0 aliphatic carbocycles. The molecule has 0 N–H and O–H groups in total. The molecule has 0 fully saturated rings. The highest BCUT2D eigenvalue weighted by Crippen LogP contribution is 2.27. The van der Waals surface area contributed by atoms with Crippen LogP contribution in [0.4, 0.5) is 0 Å². The summed E-state index contributed by atoms with van der Waals surface area (Å²) < 4.78 is 0. The molecule has 0 unspecified atom stereocenters. The molecule has 0 saturated heterocycles. The predicted molar refractivity (Wildman–Crippen MR) is 81.5 cm³/mol. The second-order valence-corrected chi connectivity index (χ2v) is 6.19. The number of rotatable bonds is 4. The molecular weight excluding hydrogens is 230 g/mol. The normalized spacial score (nSPS) is 11.8. The molecule has 0 aliphatic heterocycles. The molecule has 1 nitrogen and oxygen atoms in total. The van der Waals surface area contributed by atoms with Gasteiger partial charge in [-0.05, 0) is 46.6 Å². The Labute approximate surface area is 116 Å². The Kier molecular flexibility index (Phi) is 4.04. The number of benzene rings is 1. The second-order valence-electron chi connectivity index (χ2n) is 6.19. The van der Waals surface area contributed by atoms with Crippen molar-refractivity contribution in [2.45, 2.75) is 45.4 Å². The van der Waals surface area contributed by atoms with Gasteiger partial charge >= 0.3 is 0 Å². The van der Waals surface area contributed by atoms with Crippen LogP contribution in [0.5, 0.6) is 0 Å². The van der Waals surface area contributed by atoms with Crippen molar-refractivity contribution in [3.8, 4) is 0 Å². The first-order valence-corrected chi connectivity index (χ1v) is 6.98. The van der Waals surface area contributed by atoms with Crippen molar-refractivity contribution in [3.05, 3.63) is 65.5 Å². The van der Waals surface area contributed by atoms with Gasteiger partial charge in [0, 0.05) is 12.4 Å². The Bertz CT molecular complexity index is 509. The van der Waals surface area contributed by atoms with Crippen LogP contribution >= 0.6 is 0 Å². The minimum atomic E-state index is 0.141. The average molecular weight is 253 g/mol. The fourth-order valence-electron chi connectivity index (χ4n) is 2.44. The molecule has 0 amide bonds. The van der Waals surface area contributed by atoms with Gasteiger partial charge in [0.25, 0.3) is 0 Å². The van der Waals surface area contributed by atoms with Gasteiger partial charge in [0.2, 0.25) is 0 Å². The maximum absolute atomic E-state index is 4.10. The first-order chi connectivity index (χ1) is 8.99. The molecule has 1 heteroatoms. The van der Waals surface area contributed by atoms with Gasteiger partial charge < -0.3 is 0 Å². The van der Waals surface area contributed by atoms with E-state index in [9.17, 15) is 0 Å². The lowest BCUT2D eigenvalue weighted by molar-refractivity contribution is 0.521. The Hall–Kier alpha value is -1.63. The summed E-state index contributed by atoms with van der Waals surface area (Å²) in [4.78, 5) is 4.10. The molecule has 100 valence electrons. The van der Waals surface area contributed by atoms with Gasteiger partial charge in [-0.2, -0.15) is 0 Å². The van der Waals surface area contributed by atoms with Gasteiger partial charge in [-0.1, -0.05) is 52.0 Å². The van der Waals surface area contributed by atoms with E-state index in [1.807, 2.05) is 12.4 Å². The van der Waals surface area contributed by atoms with E-state index in [1.54, 1.807) is 0 Å². The second kappa shape index (κ2) is 5.56. The number of nitrogens with zero attached hydrogens (tertiary/aromatic N) is 1. The van der Waals surface area contributed by atoms with E-state index < -0.39 is 0 Å². The molecule has 2 aromatic rings. The quantitative estimate of drug-likeness (QED) is 0.768. The summed E-state index contributed by atoms with van der Waals surface area (Å²) in [6.45, 7) is 9.04. The lowest BCUT2D eigenvalue weighted by atomic mass is 9.79. The smallest absolute Gasteiger partial charge is 0.0270 e. The maximum Gasteiger partial charge on any atom is 0.0270 e. The molecule has 1 heterocycles. The van der Waals surface area contributed by atoms with Crippen LogP contribution in [0.3, 0.4) is 0 Å². The Balaban J connectivity index is 2.16. The highest BCUT2D eigenvalue weighted by atomic mass is 14.6. The van der Waals surface area contributed by atoms with E-state index in [2.05, 4.69) is 69.1 Å².